The van der Waals surface area contributed by atoms with Crippen molar-refractivity contribution in [2.45, 2.75) is 69.2 Å². The molecule has 0 aromatic heterocycles. The van der Waals surface area contributed by atoms with Crippen LogP contribution in [0, 0.1) is 11.8 Å². The van der Waals surface area contributed by atoms with Crippen LogP contribution in [-0.4, -0.2) is 0 Å². The lowest BCUT2D eigenvalue weighted by Gasteiger charge is -1.40. The Kier molecular flexibility index (Phi) is 990. The lowest BCUT2D eigenvalue weighted by molar-refractivity contribution is 1.50. The van der Waals surface area contributed by atoms with Gasteiger partial charge in [0.2, 0.25) is 0 Å². The fraction of sp³-hybridized carbons (Fsp3) is 0.833. The van der Waals surface area contributed by atoms with E-state index < -0.39 is 0 Å². The average molecular weight is 174 g/mol. The molecule has 0 aliphatic carbocycles. The van der Waals surface area contributed by atoms with Crippen LogP contribution >= 0.6 is 0 Å². The van der Waals surface area contributed by atoms with Gasteiger partial charge >= 0.3 is 0 Å². The molecule has 0 bridgehead atoms. The van der Waals surface area contributed by atoms with Crippen molar-refractivity contribution in [2.75, 3.05) is 0 Å². The highest BCUT2D eigenvalue weighted by Gasteiger charge is 1.26. The second kappa shape index (κ2) is 397. The maximum Gasteiger partial charge on any atom is -0.00271 e. The number of hydrogen-bond donors (Lipinski definition) is 0. The Bertz CT molecular complexity index is 36.8. The van der Waals surface area contributed by atoms with Gasteiger partial charge in [-0.25, -0.2) is 0 Å². The standard InChI is InChI=1S/C4H6.4C2H6/c1-3-4-2;4*1-2/h1-2H3;4*1-2H3. The Morgan fingerprint density at radius 2 is 0.500 bits per heavy atom. The molecule has 0 heteroatoms. The summed E-state index contributed by atoms with van der Waals surface area (Å²) in [4.78, 5) is 0. The Labute approximate surface area is 81.8 Å². The van der Waals surface area contributed by atoms with Gasteiger partial charge in [0.05, 0.1) is 0 Å². The molecule has 0 unspecified atom stereocenters. The molecule has 0 rings (SSSR count). The van der Waals surface area contributed by atoms with Gasteiger partial charge in [-0.05, 0) is 13.8 Å². The normalized spacial score (nSPS) is 3.17. The second-order valence-corrected chi connectivity index (χ2v) is 0.500. The maximum absolute atomic E-state index is 2.68. The first kappa shape index (κ1) is 30.0. The van der Waals surface area contributed by atoms with Crippen LogP contribution in [0.1, 0.15) is 69.2 Å². The van der Waals surface area contributed by atoms with E-state index in [4.69, 9.17) is 0 Å². The molecule has 0 nitrogen and oxygen atoms in total. The van der Waals surface area contributed by atoms with Crippen LogP contribution < -0.4 is 0 Å². The van der Waals surface area contributed by atoms with Crippen LogP contribution in [0.25, 0.3) is 0 Å². The van der Waals surface area contributed by atoms with Crippen molar-refractivity contribution >= 4 is 0 Å². The van der Waals surface area contributed by atoms with Crippen LogP contribution in [0.5, 0.6) is 0 Å². The Morgan fingerprint density at radius 1 is 0.417 bits per heavy atom. The highest BCUT2D eigenvalue weighted by atomic mass is 13.3. The number of hydrogen-bond acceptors (Lipinski definition) is 0. The predicted octanol–water partition coefficient (Wildman–Crippen LogP) is 5.13. The SMILES string of the molecule is CC.CC.CC.CC.CC#CC. The molecule has 0 heterocycles. The topological polar surface area (TPSA) is 0 Å². The zero-order valence-corrected chi connectivity index (χ0v) is 11.0. The fourth-order valence-corrected chi connectivity index (χ4v) is 0. The van der Waals surface area contributed by atoms with E-state index in [2.05, 4.69) is 11.8 Å². The van der Waals surface area contributed by atoms with Gasteiger partial charge < -0.3 is 0 Å². The average Bonchev–Trinajstić information content (AvgIpc) is 2.29. The van der Waals surface area contributed by atoms with Gasteiger partial charge in [-0.15, -0.1) is 11.8 Å². The molecule has 0 fully saturated rings. The molecule has 0 N–H and O–H groups in total. The van der Waals surface area contributed by atoms with Crippen molar-refractivity contribution in [1.82, 2.24) is 0 Å². The molecular formula is C12H30. The summed E-state index contributed by atoms with van der Waals surface area (Å²) in [6.45, 7) is 19.6. The molecule has 0 aromatic rings. The molecule has 0 saturated heterocycles. The summed E-state index contributed by atoms with van der Waals surface area (Å²) < 4.78 is 0. The van der Waals surface area contributed by atoms with E-state index in [-0.39, 0.29) is 0 Å². The summed E-state index contributed by atoms with van der Waals surface area (Å²) in [5.74, 6) is 5.36. The first-order valence-corrected chi connectivity index (χ1v) is 5.25. The van der Waals surface area contributed by atoms with E-state index in [0.717, 1.165) is 0 Å². The van der Waals surface area contributed by atoms with E-state index in [1.165, 1.54) is 0 Å². The zero-order valence-electron chi connectivity index (χ0n) is 11.0. The van der Waals surface area contributed by atoms with E-state index in [0.29, 0.717) is 0 Å². The van der Waals surface area contributed by atoms with Crippen LogP contribution in [0.3, 0.4) is 0 Å². The molecule has 0 atom stereocenters. The van der Waals surface area contributed by atoms with Gasteiger partial charge in [0, 0.05) is 0 Å². The third-order valence-electron chi connectivity index (χ3n) is 0.250. The molecule has 0 amide bonds. The van der Waals surface area contributed by atoms with Crippen LogP contribution in [0.4, 0.5) is 0 Å². The lowest BCUT2D eigenvalue weighted by Crippen LogP contribution is -1.28. The molecule has 0 spiro atoms. The van der Waals surface area contributed by atoms with E-state index in [1.54, 1.807) is 0 Å². The molecule has 0 aliphatic rings. The van der Waals surface area contributed by atoms with E-state index in [1.807, 2.05) is 69.2 Å². The van der Waals surface area contributed by atoms with Gasteiger partial charge in [0.15, 0.2) is 0 Å². The summed E-state index contributed by atoms with van der Waals surface area (Å²) >= 11 is 0. The molecule has 0 aromatic carbocycles. The van der Waals surface area contributed by atoms with Gasteiger partial charge in [0.25, 0.3) is 0 Å². The highest BCUT2D eigenvalue weighted by molar-refractivity contribution is 4.89. The molecular weight excluding hydrogens is 144 g/mol. The Morgan fingerprint density at radius 3 is 0.500 bits per heavy atom. The first-order valence-electron chi connectivity index (χ1n) is 5.25. The van der Waals surface area contributed by atoms with Gasteiger partial charge in [-0.3, -0.25) is 0 Å². The van der Waals surface area contributed by atoms with Crippen molar-refractivity contribution in [3.8, 4) is 11.8 Å². The summed E-state index contributed by atoms with van der Waals surface area (Å²) in [6.07, 6.45) is 0. The molecule has 0 radical (unpaired) electrons. The van der Waals surface area contributed by atoms with Crippen LogP contribution in [0.15, 0.2) is 0 Å². The summed E-state index contributed by atoms with van der Waals surface area (Å²) in [6, 6.07) is 0. The third kappa shape index (κ3) is 2230. The summed E-state index contributed by atoms with van der Waals surface area (Å²) in [7, 11) is 0. The minimum Gasteiger partial charge on any atom is -0.107 e. The van der Waals surface area contributed by atoms with Gasteiger partial charge in [-0.1, -0.05) is 55.4 Å². The van der Waals surface area contributed by atoms with Crippen molar-refractivity contribution in [3.63, 3.8) is 0 Å². The monoisotopic (exact) mass is 174 g/mol. The van der Waals surface area contributed by atoms with E-state index >= 15 is 0 Å². The Hall–Kier alpha value is -0.440. The van der Waals surface area contributed by atoms with Crippen LogP contribution in [0.2, 0.25) is 0 Å². The van der Waals surface area contributed by atoms with Gasteiger partial charge in [-0.2, -0.15) is 0 Å². The van der Waals surface area contributed by atoms with E-state index in [9.17, 15) is 0 Å². The largest absolute Gasteiger partial charge is 0.107 e. The van der Waals surface area contributed by atoms with Crippen molar-refractivity contribution < 1.29 is 0 Å². The van der Waals surface area contributed by atoms with Crippen molar-refractivity contribution in [3.05, 3.63) is 0 Å². The Balaban J connectivity index is -0.0000000181. The highest BCUT2D eigenvalue weighted by Crippen LogP contribution is 1.39. The maximum atomic E-state index is 2.68. The lowest BCUT2D eigenvalue weighted by atomic mass is 10.7. The predicted molar refractivity (Wildman–Crippen MR) is 64.5 cm³/mol. The molecule has 0 aliphatic heterocycles. The number of rotatable bonds is 0. The smallest absolute Gasteiger partial charge is 0.00271 e. The second-order valence-electron chi connectivity index (χ2n) is 0.500. The molecule has 78 valence electrons. The fourth-order valence-electron chi connectivity index (χ4n) is 0. The first-order chi connectivity index (χ1) is 5.91. The minimum absolute atomic E-state index is 1.82. The summed E-state index contributed by atoms with van der Waals surface area (Å²) in [5.41, 5.74) is 0. The molecule has 12 heavy (non-hydrogen) atoms. The zero-order chi connectivity index (χ0) is 11.4. The summed E-state index contributed by atoms with van der Waals surface area (Å²) in [5, 5.41) is 0. The van der Waals surface area contributed by atoms with Crippen LogP contribution in [-0.2, 0) is 0 Å². The third-order valence-corrected chi connectivity index (χ3v) is 0.250. The quantitative estimate of drug-likeness (QED) is 0.446. The minimum atomic E-state index is 1.82. The van der Waals surface area contributed by atoms with Gasteiger partial charge in [0.1, 0.15) is 0 Å². The molecule has 0 saturated carbocycles. The van der Waals surface area contributed by atoms with Crippen molar-refractivity contribution in [2.24, 2.45) is 0 Å². The van der Waals surface area contributed by atoms with Crippen molar-refractivity contribution in [1.29, 1.82) is 0 Å².